The zero-order valence-electron chi connectivity index (χ0n) is 20.6. The zero-order chi connectivity index (χ0) is 24.2. The van der Waals surface area contributed by atoms with E-state index in [-0.39, 0.29) is 5.91 Å². The van der Waals surface area contributed by atoms with Crippen molar-refractivity contribution in [3.63, 3.8) is 0 Å². The van der Waals surface area contributed by atoms with Crippen molar-refractivity contribution in [1.82, 2.24) is 24.8 Å². The topological polar surface area (TPSA) is 86.3 Å². The fourth-order valence-electron chi connectivity index (χ4n) is 5.22. The molecule has 34 heavy (non-hydrogen) atoms. The smallest absolute Gasteiger partial charge is 0.220 e. The van der Waals surface area contributed by atoms with Crippen LogP contribution in [-0.4, -0.2) is 38.5 Å². The second-order valence-electron chi connectivity index (χ2n) is 9.90. The Morgan fingerprint density at radius 1 is 1.15 bits per heavy atom. The minimum atomic E-state index is 0.0115. The molecule has 1 fully saturated rings. The number of piperidine rings is 1. The maximum absolute atomic E-state index is 12.5. The molecule has 0 bridgehead atoms. The lowest BCUT2D eigenvalue weighted by Crippen LogP contribution is -2.38. The van der Waals surface area contributed by atoms with Crippen LogP contribution < -0.4 is 5.32 Å². The first-order chi connectivity index (χ1) is 16.3. The molecule has 1 aliphatic heterocycles. The number of rotatable bonds is 7. The first-order valence-corrected chi connectivity index (χ1v) is 12.1. The van der Waals surface area contributed by atoms with Gasteiger partial charge < -0.3 is 5.32 Å². The summed E-state index contributed by atoms with van der Waals surface area (Å²) in [6.45, 7) is 12.4. The summed E-state index contributed by atoms with van der Waals surface area (Å²) in [5, 5.41) is 16.5. The summed E-state index contributed by atoms with van der Waals surface area (Å²) in [7, 11) is 0. The molecule has 3 heterocycles. The average Bonchev–Trinajstić information content (AvgIpc) is 3.20. The molecule has 178 valence electrons. The van der Waals surface area contributed by atoms with E-state index in [4.69, 9.17) is 0 Å². The molecule has 7 heteroatoms. The maximum Gasteiger partial charge on any atom is 0.220 e. The van der Waals surface area contributed by atoms with Gasteiger partial charge >= 0.3 is 0 Å². The minimum absolute atomic E-state index is 0.0115. The molecule has 2 aromatic heterocycles. The highest BCUT2D eigenvalue weighted by molar-refractivity contribution is 5.76. The van der Waals surface area contributed by atoms with Gasteiger partial charge in [-0.05, 0) is 55.2 Å². The second kappa shape index (κ2) is 10.4. The third kappa shape index (κ3) is 5.45. The molecule has 0 radical (unpaired) electrons. The van der Waals surface area contributed by atoms with Crippen LogP contribution in [0.1, 0.15) is 60.3 Å². The first-order valence-electron chi connectivity index (χ1n) is 12.1. The van der Waals surface area contributed by atoms with E-state index >= 15 is 0 Å². The summed E-state index contributed by atoms with van der Waals surface area (Å²) in [5.74, 6) is 1.54. The molecule has 1 saturated heterocycles. The van der Waals surface area contributed by atoms with Crippen LogP contribution in [0.2, 0.25) is 0 Å². The highest BCUT2D eigenvalue weighted by atomic mass is 16.1. The molecule has 0 aliphatic carbocycles. The third-order valence-corrected chi connectivity index (χ3v) is 6.79. The van der Waals surface area contributed by atoms with Crippen LogP contribution in [-0.2, 0) is 24.3 Å². The van der Waals surface area contributed by atoms with Gasteiger partial charge in [0.25, 0.3) is 0 Å². The summed E-state index contributed by atoms with van der Waals surface area (Å²) in [6.07, 6.45) is 3.82. The van der Waals surface area contributed by atoms with Gasteiger partial charge in [-0.2, -0.15) is 10.4 Å². The van der Waals surface area contributed by atoms with E-state index in [0.29, 0.717) is 30.6 Å². The Morgan fingerprint density at radius 2 is 1.82 bits per heavy atom. The van der Waals surface area contributed by atoms with Gasteiger partial charge in [0.1, 0.15) is 11.6 Å². The predicted molar refractivity (Wildman–Crippen MR) is 132 cm³/mol. The molecule has 7 nitrogen and oxygen atoms in total. The van der Waals surface area contributed by atoms with Gasteiger partial charge in [0, 0.05) is 44.0 Å². The standard InChI is InChI=1S/C27H34N6O/c1-18-11-19(2)16-32(15-18)17-23-7-5-22(6-8-23)13-29-26(34)10-9-25-20(3)31-27-24(12-28)14-30-33(27)21(25)4/h5-8,14,18-19H,9-11,13,15-17H2,1-4H3,(H,29,34). The van der Waals surface area contributed by atoms with Gasteiger partial charge in [-0.25, -0.2) is 9.50 Å². The first kappa shape index (κ1) is 23.9. The van der Waals surface area contributed by atoms with Crippen LogP contribution in [0.25, 0.3) is 5.65 Å². The molecule has 1 N–H and O–H groups in total. The van der Waals surface area contributed by atoms with Crippen molar-refractivity contribution >= 4 is 11.6 Å². The van der Waals surface area contributed by atoms with Crippen LogP contribution in [0, 0.1) is 37.0 Å². The highest BCUT2D eigenvalue weighted by Gasteiger charge is 2.21. The van der Waals surface area contributed by atoms with E-state index < -0.39 is 0 Å². The Bertz CT molecular complexity index is 1200. The normalized spacial score (nSPS) is 18.7. The number of nitriles is 1. The van der Waals surface area contributed by atoms with E-state index in [0.717, 1.165) is 40.9 Å². The molecular weight excluding hydrogens is 424 g/mol. The van der Waals surface area contributed by atoms with Crippen LogP contribution in [0.15, 0.2) is 30.5 Å². The van der Waals surface area contributed by atoms with Gasteiger partial charge in [0.2, 0.25) is 5.91 Å². The maximum atomic E-state index is 12.5. The van der Waals surface area contributed by atoms with Crippen LogP contribution in [0.5, 0.6) is 0 Å². The molecule has 3 aromatic rings. The van der Waals surface area contributed by atoms with Gasteiger partial charge in [0.05, 0.1) is 6.20 Å². The SMILES string of the molecule is Cc1nc2c(C#N)cnn2c(C)c1CCC(=O)NCc1ccc(CN2CC(C)CC(C)C2)cc1. The summed E-state index contributed by atoms with van der Waals surface area (Å²) in [6, 6.07) is 10.7. The van der Waals surface area contributed by atoms with Gasteiger partial charge in [-0.1, -0.05) is 38.1 Å². The number of hydrogen-bond acceptors (Lipinski definition) is 5. The fourth-order valence-corrected chi connectivity index (χ4v) is 5.22. The number of likely N-dealkylation sites (tertiary alicyclic amines) is 1. The molecule has 1 aliphatic rings. The molecule has 0 spiro atoms. The minimum Gasteiger partial charge on any atom is -0.352 e. The van der Waals surface area contributed by atoms with E-state index in [1.54, 1.807) is 4.52 Å². The van der Waals surface area contributed by atoms with E-state index in [1.807, 2.05) is 13.8 Å². The third-order valence-electron chi connectivity index (χ3n) is 6.79. The number of nitrogens with one attached hydrogen (secondary N) is 1. The molecular formula is C27H34N6O. The number of benzene rings is 1. The number of aryl methyl sites for hydroxylation is 2. The summed E-state index contributed by atoms with van der Waals surface area (Å²) >= 11 is 0. The number of nitrogens with zero attached hydrogens (tertiary/aromatic N) is 5. The summed E-state index contributed by atoms with van der Waals surface area (Å²) in [5.41, 5.74) is 6.21. The van der Waals surface area contributed by atoms with Crippen molar-refractivity contribution in [2.75, 3.05) is 13.1 Å². The quantitative estimate of drug-likeness (QED) is 0.579. The van der Waals surface area contributed by atoms with Gasteiger partial charge in [-0.3, -0.25) is 9.69 Å². The Labute approximate surface area is 201 Å². The number of aromatic nitrogens is 3. The van der Waals surface area contributed by atoms with Crippen LogP contribution >= 0.6 is 0 Å². The van der Waals surface area contributed by atoms with Crippen molar-refractivity contribution in [3.05, 3.63) is 64.1 Å². The number of amides is 1. The van der Waals surface area contributed by atoms with Crippen molar-refractivity contribution in [1.29, 1.82) is 5.26 Å². The second-order valence-corrected chi connectivity index (χ2v) is 9.90. The number of fused-ring (bicyclic) bond motifs is 1. The molecule has 0 saturated carbocycles. The van der Waals surface area contributed by atoms with Crippen molar-refractivity contribution < 1.29 is 4.79 Å². The lowest BCUT2D eigenvalue weighted by atomic mass is 9.91. The summed E-state index contributed by atoms with van der Waals surface area (Å²) in [4.78, 5) is 19.6. The van der Waals surface area contributed by atoms with Crippen molar-refractivity contribution in [2.24, 2.45) is 11.8 Å². The molecule has 1 amide bonds. The Hall–Kier alpha value is -3.24. The van der Waals surface area contributed by atoms with Crippen LogP contribution in [0.4, 0.5) is 0 Å². The lowest BCUT2D eigenvalue weighted by molar-refractivity contribution is -0.121. The van der Waals surface area contributed by atoms with E-state index in [2.05, 4.69) is 64.5 Å². The summed E-state index contributed by atoms with van der Waals surface area (Å²) < 4.78 is 1.69. The van der Waals surface area contributed by atoms with Gasteiger partial charge in [0.15, 0.2) is 5.65 Å². The van der Waals surface area contributed by atoms with Gasteiger partial charge in [-0.15, -0.1) is 0 Å². The molecule has 4 rings (SSSR count). The Kier molecular flexibility index (Phi) is 7.28. The number of hydrogen-bond donors (Lipinski definition) is 1. The fraction of sp³-hybridized carbons (Fsp3) is 0.481. The Morgan fingerprint density at radius 3 is 2.50 bits per heavy atom. The largest absolute Gasteiger partial charge is 0.352 e. The predicted octanol–water partition coefficient (Wildman–Crippen LogP) is 3.94. The van der Waals surface area contributed by atoms with Crippen molar-refractivity contribution in [2.45, 2.75) is 60.0 Å². The van der Waals surface area contributed by atoms with Crippen LogP contribution in [0.3, 0.4) is 0 Å². The molecule has 2 unspecified atom stereocenters. The zero-order valence-corrected chi connectivity index (χ0v) is 20.6. The average molecular weight is 459 g/mol. The van der Waals surface area contributed by atoms with E-state index in [1.165, 1.54) is 31.3 Å². The lowest BCUT2D eigenvalue weighted by Gasteiger charge is -2.35. The van der Waals surface area contributed by atoms with Crippen molar-refractivity contribution in [3.8, 4) is 6.07 Å². The van der Waals surface area contributed by atoms with E-state index in [9.17, 15) is 10.1 Å². The monoisotopic (exact) mass is 458 g/mol. The highest BCUT2D eigenvalue weighted by Crippen LogP contribution is 2.22. The number of carbonyl (C=O) groups excluding carboxylic acids is 1. The Balaban J connectivity index is 1.29. The molecule has 1 aromatic carbocycles. The number of carbonyl (C=O) groups is 1. The molecule has 2 atom stereocenters.